The van der Waals surface area contributed by atoms with Crippen molar-refractivity contribution >= 4 is 11.8 Å². The normalized spacial score (nSPS) is 10.5. The number of rotatable bonds is 9. The summed E-state index contributed by atoms with van der Waals surface area (Å²) in [6, 6.07) is 17.0. The molecule has 0 amide bonds. The molecule has 0 atom stereocenters. The van der Waals surface area contributed by atoms with Crippen molar-refractivity contribution in [2.45, 2.75) is 13.0 Å². The van der Waals surface area contributed by atoms with Crippen LogP contribution in [0.1, 0.15) is 27.9 Å². The Morgan fingerprint density at radius 3 is 2.32 bits per heavy atom. The molecule has 0 aliphatic rings. The zero-order valence-electron chi connectivity index (χ0n) is 14.5. The molecule has 2 aromatic rings. The number of carbonyl (C=O) groups excluding carboxylic acids is 2. The van der Waals surface area contributed by atoms with E-state index in [-0.39, 0.29) is 11.8 Å². The van der Waals surface area contributed by atoms with Gasteiger partial charge >= 0.3 is 5.97 Å². The van der Waals surface area contributed by atoms with E-state index in [1.807, 2.05) is 61.6 Å². The summed E-state index contributed by atoms with van der Waals surface area (Å²) in [7, 11) is 2.01. The van der Waals surface area contributed by atoms with E-state index < -0.39 is 0 Å². The Hall–Kier alpha value is -2.72. The van der Waals surface area contributed by atoms with Gasteiger partial charge in [0.1, 0.15) is 0 Å². The fourth-order valence-corrected chi connectivity index (χ4v) is 2.47. The second kappa shape index (κ2) is 9.55. The molecule has 4 nitrogen and oxygen atoms in total. The molecular weight excluding hydrogens is 314 g/mol. The van der Waals surface area contributed by atoms with Crippen LogP contribution in [0.25, 0.3) is 0 Å². The van der Waals surface area contributed by atoms with Crippen LogP contribution >= 0.6 is 0 Å². The maximum absolute atomic E-state index is 12.4. The summed E-state index contributed by atoms with van der Waals surface area (Å²) in [4.78, 5) is 25.5. The summed E-state index contributed by atoms with van der Waals surface area (Å²) in [5.74, 6) is -0.356. The first-order valence-corrected chi connectivity index (χ1v) is 8.26. The minimum absolute atomic E-state index is 0.0320. The SMILES string of the molecule is C=CC(=O)OCCCN(C)Cc1ccc(C(=O)c2ccccc2)cc1. The van der Waals surface area contributed by atoms with Gasteiger partial charge in [0.15, 0.2) is 5.78 Å². The molecule has 0 unspecified atom stereocenters. The van der Waals surface area contributed by atoms with Crippen molar-refractivity contribution in [1.29, 1.82) is 0 Å². The molecule has 0 aliphatic carbocycles. The van der Waals surface area contributed by atoms with Crippen LogP contribution in [0, 0.1) is 0 Å². The minimum Gasteiger partial charge on any atom is -0.462 e. The molecule has 2 rings (SSSR count). The molecule has 130 valence electrons. The Balaban J connectivity index is 1.82. The Morgan fingerprint density at radius 2 is 1.68 bits per heavy atom. The van der Waals surface area contributed by atoms with Crippen LogP contribution in [0.2, 0.25) is 0 Å². The fourth-order valence-electron chi connectivity index (χ4n) is 2.47. The van der Waals surface area contributed by atoms with Crippen molar-refractivity contribution in [1.82, 2.24) is 4.90 Å². The molecule has 4 heteroatoms. The van der Waals surface area contributed by atoms with Crippen molar-refractivity contribution < 1.29 is 14.3 Å². The number of benzene rings is 2. The van der Waals surface area contributed by atoms with Gasteiger partial charge in [0.2, 0.25) is 0 Å². The van der Waals surface area contributed by atoms with Gasteiger partial charge in [-0.1, -0.05) is 61.2 Å². The zero-order valence-corrected chi connectivity index (χ0v) is 14.5. The number of ketones is 1. The quantitative estimate of drug-likeness (QED) is 0.304. The largest absolute Gasteiger partial charge is 0.462 e. The molecule has 25 heavy (non-hydrogen) atoms. The van der Waals surface area contributed by atoms with Crippen LogP contribution in [0.15, 0.2) is 67.3 Å². The number of ether oxygens (including phenoxy) is 1. The summed E-state index contributed by atoms with van der Waals surface area (Å²) in [5.41, 5.74) is 2.52. The van der Waals surface area contributed by atoms with Crippen LogP contribution in [0.4, 0.5) is 0 Å². The second-order valence-electron chi connectivity index (χ2n) is 5.86. The summed E-state index contributed by atoms with van der Waals surface area (Å²) in [6.07, 6.45) is 1.93. The lowest BCUT2D eigenvalue weighted by molar-refractivity contribution is -0.137. The van der Waals surface area contributed by atoms with Crippen LogP contribution in [0.5, 0.6) is 0 Å². The van der Waals surface area contributed by atoms with Crippen LogP contribution in [0.3, 0.4) is 0 Å². The average Bonchev–Trinajstić information content (AvgIpc) is 2.65. The third kappa shape index (κ3) is 6.01. The van der Waals surface area contributed by atoms with Gasteiger partial charge in [-0.2, -0.15) is 0 Å². The van der Waals surface area contributed by atoms with Gasteiger partial charge in [-0.05, 0) is 19.0 Å². The van der Waals surface area contributed by atoms with Crippen molar-refractivity contribution in [3.8, 4) is 0 Å². The van der Waals surface area contributed by atoms with E-state index in [4.69, 9.17) is 4.74 Å². The topological polar surface area (TPSA) is 46.6 Å². The third-order valence-electron chi connectivity index (χ3n) is 3.80. The first kappa shape index (κ1) is 18.6. The second-order valence-corrected chi connectivity index (χ2v) is 5.86. The van der Waals surface area contributed by atoms with Gasteiger partial charge in [0.05, 0.1) is 6.61 Å². The fraction of sp³-hybridized carbons (Fsp3) is 0.238. The molecule has 0 bridgehead atoms. The Kier molecular flexibility index (Phi) is 7.11. The number of esters is 1. The standard InChI is InChI=1S/C21H23NO3/c1-3-20(23)25-15-7-14-22(2)16-17-10-12-19(13-11-17)21(24)18-8-5-4-6-9-18/h3-6,8-13H,1,7,14-16H2,2H3. The summed E-state index contributed by atoms with van der Waals surface area (Å²) in [5, 5.41) is 0. The first-order valence-electron chi connectivity index (χ1n) is 8.26. The van der Waals surface area contributed by atoms with Gasteiger partial charge in [-0.3, -0.25) is 4.79 Å². The lowest BCUT2D eigenvalue weighted by Gasteiger charge is -2.16. The van der Waals surface area contributed by atoms with Gasteiger partial charge in [0, 0.05) is 30.3 Å². The molecule has 0 radical (unpaired) electrons. The smallest absolute Gasteiger partial charge is 0.330 e. The third-order valence-corrected chi connectivity index (χ3v) is 3.80. The summed E-state index contributed by atoms with van der Waals surface area (Å²) in [6.45, 7) is 5.34. The summed E-state index contributed by atoms with van der Waals surface area (Å²) < 4.78 is 4.95. The van der Waals surface area contributed by atoms with Gasteiger partial charge in [-0.15, -0.1) is 0 Å². The van der Waals surface area contributed by atoms with E-state index in [0.717, 1.165) is 25.1 Å². The van der Waals surface area contributed by atoms with E-state index in [1.165, 1.54) is 6.08 Å². The number of hydrogen-bond acceptors (Lipinski definition) is 4. The van der Waals surface area contributed by atoms with Gasteiger partial charge < -0.3 is 9.64 Å². The van der Waals surface area contributed by atoms with Gasteiger partial charge in [-0.25, -0.2) is 4.79 Å². The molecule has 0 fully saturated rings. The van der Waals surface area contributed by atoms with E-state index >= 15 is 0 Å². The molecule has 2 aromatic carbocycles. The molecule has 0 saturated heterocycles. The van der Waals surface area contributed by atoms with Crippen molar-refractivity contribution in [3.05, 3.63) is 83.9 Å². The highest BCUT2D eigenvalue weighted by Gasteiger charge is 2.08. The van der Waals surface area contributed by atoms with Crippen molar-refractivity contribution in [2.75, 3.05) is 20.2 Å². The maximum atomic E-state index is 12.4. The first-order chi connectivity index (χ1) is 12.1. The zero-order chi connectivity index (χ0) is 18.1. The molecule has 0 aliphatic heterocycles. The van der Waals surface area contributed by atoms with Gasteiger partial charge in [0.25, 0.3) is 0 Å². The highest BCUT2D eigenvalue weighted by molar-refractivity contribution is 6.08. The predicted octanol–water partition coefficient (Wildman–Crippen LogP) is 3.47. The number of carbonyl (C=O) groups is 2. The number of hydrogen-bond donors (Lipinski definition) is 0. The molecule has 0 heterocycles. The average molecular weight is 337 g/mol. The maximum Gasteiger partial charge on any atom is 0.330 e. The Labute approximate surface area is 148 Å². The van der Waals surface area contributed by atoms with E-state index in [2.05, 4.69) is 11.5 Å². The van der Waals surface area contributed by atoms with E-state index in [0.29, 0.717) is 17.7 Å². The monoisotopic (exact) mass is 337 g/mol. The number of nitrogens with zero attached hydrogens (tertiary/aromatic N) is 1. The molecule has 0 aromatic heterocycles. The lowest BCUT2D eigenvalue weighted by Crippen LogP contribution is -2.20. The Morgan fingerprint density at radius 1 is 1.04 bits per heavy atom. The predicted molar refractivity (Wildman–Crippen MR) is 98.4 cm³/mol. The van der Waals surface area contributed by atoms with Crippen LogP contribution in [-0.2, 0) is 16.1 Å². The van der Waals surface area contributed by atoms with Crippen LogP contribution < -0.4 is 0 Å². The highest BCUT2D eigenvalue weighted by Crippen LogP contribution is 2.12. The molecule has 0 spiro atoms. The van der Waals surface area contributed by atoms with Crippen LogP contribution in [-0.4, -0.2) is 36.9 Å². The minimum atomic E-state index is -0.388. The lowest BCUT2D eigenvalue weighted by atomic mass is 10.0. The van der Waals surface area contributed by atoms with E-state index in [9.17, 15) is 9.59 Å². The molecular formula is C21H23NO3. The molecule has 0 N–H and O–H groups in total. The van der Waals surface area contributed by atoms with Crippen molar-refractivity contribution in [3.63, 3.8) is 0 Å². The van der Waals surface area contributed by atoms with Crippen molar-refractivity contribution in [2.24, 2.45) is 0 Å². The van der Waals surface area contributed by atoms with E-state index in [1.54, 1.807) is 0 Å². The summed E-state index contributed by atoms with van der Waals surface area (Å²) >= 11 is 0. The Bertz CT molecular complexity index is 708. The highest BCUT2D eigenvalue weighted by atomic mass is 16.5. The molecule has 0 saturated carbocycles.